The molecule has 2 heterocycles. The Morgan fingerprint density at radius 2 is 1.86 bits per heavy atom. The van der Waals surface area contributed by atoms with Crippen molar-refractivity contribution in [1.82, 2.24) is 15.0 Å². The second-order valence-electron chi connectivity index (χ2n) is 5.93. The van der Waals surface area contributed by atoms with Gasteiger partial charge in [-0.1, -0.05) is 24.6 Å². The molecule has 116 valence electrons. The van der Waals surface area contributed by atoms with Crippen LogP contribution in [0, 0.1) is 5.92 Å². The third kappa shape index (κ3) is 3.99. The molecule has 2 fully saturated rings. The molecule has 5 nitrogen and oxygen atoms in total. The number of nitrogens with zero attached hydrogens (tertiary/aromatic N) is 4. The van der Waals surface area contributed by atoms with Crippen LogP contribution < -0.4 is 10.2 Å². The molecule has 2 aliphatic rings. The second kappa shape index (κ2) is 7.29. The molecular formula is C15H25N5S. The van der Waals surface area contributed by atoms with Gasteiger partial charge >= 0.3 is 0 Å². The summed E-state index contributed by atoms with van der Waals surface area (Å²) in [5, 5.41) is 4.12. The first-order chi connectivity index (χ1) is 10.3. The van der Waals surface area contributed by atoms with E-state index in [1.165, 1.54) is 38.5 Å². The Morgan fingerprint density at radius 1 is 1.10 bits per heavy atom. The van der Waals surface area contributed by atoms with E-state index in [-0.39, 0.29) is 0 Å². The van der Waals surface area contributed by atoms with Gasteiger partial charge in [0.2, 0.25) is 11.9 Å². The molecule has 0 aromatic carbocycles. The lowest BCUT2D eigenvalue weighted by Gasteiger charge is -2.17. The summed E-state index contributed by atoms with van der Waals surface area (Å²) in [6.45, 7) is 5.06. The number of anilines is 2. The van der Waals surface area contributed by atoms with E-state index in [2.05, 4.69) is 32.1 Å². The summed E-state index contributed by atoms with van der Waals surface area (Å²) in [6, 6.07) is 0. The van der Waals surface area contributed by atoms with Crippen LogP contribution in [0.3, 0.4) is 0 Å². The Hall–Kier alpha value is -1.04. The Balaban J connectivity index is 1.70. The van der Waals surface area contributed by atoms with Crippen LogP contribution in [-0.2, 0) is 0 Å². The molecule has 1 aromatic heterocycles. The molecule has 0 atom stereocenters. The van der Waals surface area contributed by atoms with Gasteiger partial charge in [-0.2, -0.15) is 15.0 Å². The van der Waals surface area contributed by atoms with Crippen LogP contribution >= 0.6 is 11.8 Å². The Kier molecular flexibility index (Phi) is 5.17. The van der Waals surface area contributed by atoms with Gasteiger partial charge in [-0.25, -0.2) is 0 Å². The van der Waals surface area contributed by atoms with Crippen LogP contribution in [0.5, 0.6) is 0 Å². The average molecular weight is 307 g/mol. The molecule has 21 heavy (non-hydrogen) atoms. The lowest BCUT2D eigenvalue weighted by atomic mass is 10.1. The van der Waals surface area contributed by atoms with Gasteiger partial charge in [-0.15, -0.1) is 0 Å². The van der Waals surface area contributed by atoms with Gasteiger partial charge in [-0.3, -0.25) is 0 Å². The van der Waals surface area contributed by atoms with E-state index < -0.39 is 0 Å². The summed E-state index contributed by atoms with van der Waals surface area (Å²) in [5.41, 5.74) is 0. The van der Waals surface area contributed by atoms with E-state index in [1.807, 2.05) is 0 Å². The molecule has 0 radical (unpaired) electrons. The van der Waals surface area contributed by atoms with Gasteiger partial charge in [0.15, 0.2) is 5.16 Å². The highest BCUT2D eigenvalue weighted by molar-refractivity contribution is 7.99. The zero-order valence-corrected chi connectivity index (χ0v) is 13.7. The Labute approximate surface area is 131 Å². The lowest BCUT2D eigenvalue weighted by Crippen LogP contribution is -2.22. The first kappa shape index (κ1) is 14.9. The molecule has 6 heteroatoms. The van der Waals surface area contributed by atoms with Crippen molar-refractivity contribution < 1.29 is 0 Å². The molecule has 3 rings (SSSR count). The molecular weight excluding hydrogens is 282 g/mol. The van der Waals surface area contributed by atoms with Crippen LogP contribution in [-0.4, -0.2) is 40.3 Å². The Bertz CT molecular complexity index is 455. The average Bonchev–Trinajstić information content (AvgIpc) is 3.19. The maximum Gasteiger partial charge on any atom is 0.231 e. The number of aromatic nitrogens is 3. The Morgan fingerprint density at radius 3 is 2.57 bits per heavy atom. The topological polar surface area (TPSA) is 53.9 Å². The molecule has 1 N–H and O–H groups in total. The van der Waals surface area contributed by atoms with E-state index in [4.69, 9.17) is 0 Å². The highest BCUT2D eigenvalue weighted by Crippen LogP contribution is 2.30. The number of rotatable bonds is 6. The van der Waals surface area contributed by atoms with Crippen LogP contribution in [0.2, 0.25) is 0 Å². The van der Waals surface area contributed by atoms with Gasteiger partial charge in [0, 0.05) is 25.4 Å². The highest BCUT2D eigenvalue weighted by atomic mass is 32.2. The van der Waals surface area contributed by atoms with E-state index in [9.17, 15) is 0 Å². The summed E-state index contributed by atoms with van der Waals surface area (Å²) in [6.07, 6.45) is 8.02. The van der Waals surface area contributed by atoms with Crippen molar-refractivity contribution >= 4 is 23.7 Å². The fraction of sp³-hybridized carbons (Fsp3) is 0.800. The van der Waals surface area contributed by atoms with Crippen molar-refractivity contribution in [2.45, 2.75) is 50.6 Å². The van der Waals surface area contributed by atoms with E-state index in [0.29, 0.717) is 0 Å². The van der Waals surface area contributed by atoms with Crippen LogP contribution in [0.25, 0.3) is 0 Å². The number of nitrogens with one attached hydrogen (secondary N) is 1. The number of hydrogen-bond donors (Lipinski definition) is 1. The molecule has 0 spiro atoms. The molecule has 1 saturated heterocycles. The fourth-order valence-electron chi connectivity index (χ4n) is 3.08. The van der Waals surface area contributed by atoms with Crippen LogP contribution in [0.15, 0.2) is 5.16 Å². The quantitative estimate of drug-likeness (QED) is 0.815. The predicted molar refractivity (Wildman–Crippen MR) is 88.1 cm³/mol. The van der Waals surface area contributed by atoms with Crippen molar-refractivity contribution in [2.24, 2.45) is 5.92 Å². The SMILES string of the molecule is CCNc1nc(SCC2CCCC2)nc(N2CCCC2)n1. The monoisotopic (exact) mass is 307 g/mol. The zero-order chi connectivity index (χ0) is 14.5. The van der Waals surface area contributed by atoms with Crippen LogP contribution in [0.4, 0.5) is 11.9 Å². The standard InChI is InChI=1S/C15H25N5S/c1-2-16-13-17-14(20-9-5-6-10-20)19-15(18-13)21-11-12-7-3-4-8-12/h12H,2-11H2,1H3,(H,16,17,18,19). The first-order valence-electron chi connectivity index (χ1n) is 8.23. The number of hydrogen-bond acceptors (Lipinski definition) is 6. The van der Waals surface area contributed by atoms with E-state index >= 15 is 0 Å². The summed E-state index contributed by atoms with van der Waals surface area (Å²) in [4.78, 5) is 16.1. The van der Waals surface area contributed by atoms with E-state index in [1.54, 1.807) is 11.8 Å². The minimum absolute atomic E-state index is 0.725. The molecule has 0 bridgehead atoms. The van der Waals surface area contributed by atoms with Crippen molar-refractivity contribution in [2.75, 3.05) is 35.6 Å². The highest BCUT2D eigenvalue weighted by Gasteiger charge is 2.19. The van der Waals surface area contributed by atoms with Crippen molar-refractivity contribution in [3.8, 4) is 0 Å². The van der Waals surface area contributed by atoms with Crippen molar-refractivity contribution in [1.29, 1.82) is 0 Å². The zero-order valence-electron chi connectivity index (χ0n) is 12.8. The fourth-order valence-corrected chi connectivity index (χ4v) is 4.09. The van der Waals surface area contributed by atoms with Gasteiger partial charge in [0.25, 0.3) is 0 Å². The normalized spacial score (nSPS) is 19.4. The van der Waals surface area contributed by atoms with Crippen molar-refractivity contribution in [3.05, 3.63) is 0 Å². The molecule has 1 aliphatic heterocycles. The molecule has 0 unspecified atom stereocenters. The molecule has 1 aliphatic carbocycles. The van der Waals surface area contributed by atoms with Crippen LogP contribution in [0.1, 0.15) is 45.4 Å². The van der Waals surface area contributed by atoms with Gasteiger partial charge in [-0.05, 0) is 38.5 Å². The van der Waals surface area contributed by atoms with Gasteiger partial charge in [0.1, 0.15) is 0 Å². The predicted octanol–water partition coefficient (Wildman–Crippen LogP) is 3.19. The summed E-state index contributed by atoms with van der Waals surface area (Å²) < 4.78 is 0. The third-order valence-electron chi connectivity index (χ3n) is 4.25. The molecule has 1 saturated carbocycles. The first-order valence-corrected chi connectivity index (χ1v) is 9.21. The maximum absolute atomic E-state index is 4.69. The summed E-state index contributed by atoms with van der Waals surface area (Å²) in [7, 11) is 0. The van der Waals surface area contributed by atoms with Crippen molar-refractivity contribution in [3.63, 3.8) is 0 Å². The summed E-state index contributed by atoms with van der Waals surface area (Å²) >= 11 is 1.80. The van der Waals surface area contributed by atoms with E-state index in [0.717, 1.165) is 48.4 Å². The maximum atomic E-state index is 4.69. The molecule has 0 amide bonds. The molecule has 1 aromatic rings. The minimum atomic E-state index is 0.725. The largest absolute Gasteiger partial charge is 0.354 e. The summed E-state index contributed by atoms with van der Waals surface area (Å²) in [5.74, 6) is 3.58. The van der Waals surface area contributed by atoms with Gasteiger partial charge in [0.05, 0.1) is 0 Å². The number of thioether (sulfide) groups is 1. The minimum Gasteiger partial charge on any atom is -0.354 e. The smallest absolute Gasteiger partial charge is 0.231 e. The second-order valence-corrected chi connectivity index (χ2v) is 6.91. The lowest BCUT2D eigenvalue weighted by molar-refractivity contribution is 0.622. The van der Waals surface area contributed by atoms with Gasteiger partial charge < -0.3 is 10.2 Å². The third-order valence-corrected chi connectivity index (χ3v) is 5.33.